The molecule has 0 radical (unpaired) electrons. The zero-order chi connectivity index (χ0) is 19.9. The van der Waals surface area contributed by atoms with E-state index >= 15 is 0 Å². The van der Waals surface area contributed by atoms with Gasteiger partial charge in [0.2, 0.25) is 21.8 Å². The van der Waals surface area contributed by atoms with Crippen molar-refractivity contribution in [2.24, 2.45) is 11.8 Å². The number of carbonyl (C=O) groups is 2. The van der Waals surface area contributed by atoms with Gasteiger partial charge in [-0.05, 0) is 37.1 Å². The van der Waals surface area contributed by atoms with Crippen molar-refractivity contribution in [3.8, 4) is 0 Å². The highest BCUT2D eigenvalue weighted by Gasteiger charge is 2.48. The second kappa shape index (κ2) is 7.38. The van der Waals surface area contributed by atoms with Gasteiger partial charge in [0, 0.05) is 0 Å². The summed E-state index contributed by atoms with van der Waals surface area (Å²) in [6, 6.07) is 4.79. The number of carbonyl (C=O) groups excluding carboxylic acids is 2. The third-order valence-electron chi connectivity index (χ3n) is 5.86. The average Bonchev–Trinajstić information content (AvgIpc) is 2.94. The van der Waals surface area contributed by atoms with Crippen LogP contribution in [0.2, 0.25) is 0 Å². The predicted octanol–water partition coefficient (Wildman–Crippen LogP) is -0.376. The number of rotatable bonds is 4. The van der Waals surface area contributed by atoms with Crippen molar-refractivity contribution in [1.29, 1.82) is 0 Å². The molecule has 1 aliphatic carbocycles. The van der Waals surface area contributed by atoms with E-state index in [2.05, 4.69) is 0 Å². The minimum absolute atomic E-state index is 0.0684. The molecule has 0 unspecified atom stereocenters. The molecule has 2 atom stereocenters. The van der Waals surface area contributed by atoms with Crippen LogP contribution in [0, 0.1) is 17.7 Å². The Bertz CT molecular complexity index is 882. The van der Waals surface area contributed by atoms with Crippen molar-refractivity contribution < 1.29 is 27.3 Å². The van der Waals surface area contributed by atoms with Gasteiger partial charge in [0.15, 0.2) is 6.67 Å². The fourth-order valence-electron chi connectivity index (χ4n) is 4.20. The molecule has 1 aromatic carbocycles. The molecule has 3 aliphatic rings. The van der Waals surface area contributed by atoms with Crippen LogP contribution in [0.3, 0.4) is 0 Å². The van der Waals surface area contributed by atoms with Crippen LogP contribution in [0.4, 0.5) is 4.39 Å². The van der Waals surface area contributed by atoms with E-state index in [0.29, 0.717) is 39.0 Å². The first kappa shape index (κ1) is 19.2. The maximum absolute atomic E-state index is 13.1. The second-order valence-electron chi connectivity index (χ2n) is 7.53. The van der Waals surface area contributed by atoms with Crippen LogP contribution in [0.25, 0.3) is 0 Å². The van der Waals surface area contributed by atoms with Crippen LogP contribution in [0.1, 0.15) is 12.8 Å². The van der Waals surface area contributed by atoms with E-state index in [4.69, 9.17) is 0 Å². The number of amides is 2. The Hall–Kier alpha value is -2.10. The van der Waals surface area contributed by atoms with Crippen LogP contribution in [0.5, 0.6) is 0 Å². The first-order valence-corrected chi connectivity index (χ1v) is 10.9. The summed E-state index contributed by atoms with van der Waals surface area (Å²) in [5.74, 6) is -1.17. The van der Waals surface area contributed by atoms with Gasteiger partial charge in [-0.1, -0.05) is 12.2 Å². The standard InChI is InChI=1S/C19H22FN3O4S/c20-14-5-7-15(8-6-14)28(26,27)22-11-9-21(10-12-22)13-23-18(24)16-3-1-2-4-17(16)19(23)25/h1-2,5-8,16-17H,3-4,9-13H2/p+1/t16-,17-/m1/s1. The normalized spacial score (nSPS) is 26.7. The molecule has 2 saturated heterocycles. The molecule has 4 rings (SSSR count). The Kier molecular flexibility index (Phi) is 5.07. The SMILES string of the molecule is O=C1[C@@H]2CC=CC[C@H]2C(=O)N1C[NH+]1CCN(S(=O)(=O)c2ccc(F)cc2)CC1. The number of imide groups is 1. The highest BCUT2D eigenvalue weighted by atomic mass is 32.2. The van der Waals surface area contributed by atoms with Crippen LogP contribution in [-0.4, -0.2) is 62.3 Å². The lowest BCUT2D eigenvalue weighted by Crippen LogP contribution is -3.16. The molecule has 2 amide bonds. The van der Waals surface area contributed by atoms with Gasteiger partial charge in [-0.3, -0.25) is 9.59 Å². The van der Waals surface area contributed by atoms with Gasteiger partial charge in [0.25, 0.3) is 0 Å². The van der Waals surface area contributed by atoms with E-state index in [-0.39, 0.29) is 35.2 Å². The smallest absolute Gasteiger partial charge is 0.243 e. The molecule has 0 bridgehead atoms. The van der Waals surface area contributed by atoms with E-state index in [9.17, 15) is 22.4 Å². The van der Waals surface area contributed by atoms with Crippen molar-refractivity contribution in [2.75, 3.05) is 32.8 Å². The van der Waals surface area contributed by atoms with Crippen molar-refractivity contribution in [3.63, 3.8) is 0 Å². The molecule has 9 heteroatoms. The number of fused-ring (bicyclic) bond motifs is 1. The summed E-state index contributed by atoms with van der Waals surface area (Å²) in [5.41, 5.74) is 0. The lowest BCUT2D eigenvalue weighted by Gasteiger charge is -2.33. The van der Waals surface area contributed by atoms with Gasteiger partial charge in [-0.15, -0.1) is 0 Å². The Morgan fingerprint density at radius 2 is 1.50 bits per heavy atom. The average molecular weight is 408 g/mol. The monoisotopic (exact) mass is 408 g/mol. The summed E-state index contributed by atoms with van der Waals surface area (Å²) in [6.45, 7) is 1.88. The maximum Gasteiger partial charge on any atom is 0.243 e. The number of nitrogens with zero attached hydrogens (tertiary/aromatic N) is 2. The zero-order valence-corrected chi connectivity index (χ0v) is 16.2. The fourth-order valence-corrected chi connectivity index (χ4v) is 5.65. The van der Waals surface area contributed by atoms with Crippen LogP contribution in [0.15, 0.2) is 41.3 Å². The minimum atomic E-state index is -3.67. The lowest BCUT2D eigenvalue weighted by molar-refractivity contribution is -0.910. The van der Waals surface area contributed by atoms with E-state index in [1.807, 2.05) is 12.2 Å². The van der Waals surface area contributed by atoms with E-state index in [1.165, 1.54) is 21.3 Å². The number of nitrogens with one attached hydrogen (secondary N) is 1. The first-order valence-electron chi connectivity index (χ1n) is 9.47. The van der Waals surface area contributed by atoms with Crippen molar-refractivity contribution in [2.45, 2.75) is 17.7 Å². The molecule has 2 fully saturated rings. The number of quaternary nitrogens is 1. The van der Waals surface area contributed by atoms with Crippen LogP contribution in [-0.2, 0) is 19.6 Å². The number of allylic oxidation sites excluding steroid dienone is 2. The van der Waals surface area contributed by atoms with Gasteiger partial charge in [0.1, 0.15) is 5.82 Å². The second-order valence-corrected chi connectivity index (χ2v) is 9.46. The number of hydrogen-bond donors (Lipinski definition) is 1. The third kappa shape index (κ3) is 3.38. The van der Waals surface area contributed by atoms with Gasteiger partial charge in [-0.2, -0.15) is 4.31 Å². The minimum Gasteiger partial charge on any atom is -0.315 e. The fraction of sp³-hybridized carbons (Fsp3) is 0.474. The summed E-state index contributed by atoms with van der Waals surface area (Å²) in [4.78, 5) is 27.6. The Balaban J connectivity index is 1.38. The Morgan fingerprint density at radius 1 is 0.964 bits per heavy atom. The number of benzene rings is 1. The summed E-state index contributed by atoms with van der Waals surface area (Å²) in [6.07, 6.45) is 5.15. The Labute approximate surface area is 163 Å². The predicted molar refractivity (Wildman–Crippen MR) is 97.9 cm³/mol. The molecular formula is C19H23FN3O4S+. The molecular weight excluding hydrogens is 385 g/mol. The molecule has 2 aliphatic heterocycles. The van der Waals surface area contributed by atoms with E-state index in [0.717, 1.165) is 17.0 Å². The van der Waals surface area contributed by atoms with Gasteiger partial charge >= 0.3 is 0 Å². The molecule has 1 aromatic rings. The maximum atomic E-state index is 13.1. The molecule has 0 saturated carbocycles. The number of piperazine rings is 1. The van der Waals surface area contributed by atoms with Gasteiger partial charge < -0.3 is 4.90 Å². The van der Waals surface area contributed by atoms with Crippen LogP contribution >= 0.6 is 0 Å². The lowest BCUT2D eigenvalue weighted by atomic mass is 9.85. The zero-order valence-electron chi connectivity index (χ0n) is 15.4. The number of sulfonamides is 1. The largest absolute Gasteiger partial charge is 0.315 e. The van der Waals surface area contributed by atoms with Crippen molar-refractivity contribution in [3.05, 3.63) is 42.2 Å². The summed E-state index contributed by atoms with van der Waals surface area (Å²) < 4.78 is 39.8. The first-order chi connectivity index (χ1) is 13.4. The molecule has 28 heavy (non-hydrogen) atoms. The number of likely N-dealkylation sites (tertiary alicyclic amines) is 1. The van der Waals surface area contributed by atoms with Crippen molar-refractivity contribution >= 4 is 21.8 Å². The van der Waals surface area contributed by atoms with Crippen LogP contribution < -0.4 is 4.90 Å². The summed E-state index contributed by atoms with van der Waals surface area (Å²) in [7, 11) is -3.67. The molecule has 2 heterocycles. The highest BCUT2D eigenvalue weighted by molar-refractivity contribution is 7.89. The van der Waals surface area contributed by atoms with E-state index < -0.39 is 15.8 Å². The quantitative estimate of drug-likeness (QED) is 0.544. The third-order valence-corrected chi connectivity index (χ3v) is 7.77. The Morgan fingerprint density at radius 3 is 2.04 bits per heavy atom. The molecule has 0 aromatic heterocycles. The molecule has 0 spiro atoms. The van der Waals surface area contributed by atoms with E-state index in [1.54, 1.807) is 0 Å². The number of hydrogen-bond acceptors (Lipinski definition) is 4. The molecule has 1 N–H and O–H groups in total. The van der Waals surface area contributed by atoms with Gasteiger partial charge in [0.05, 0.1) is 42.9 Å². The topological polar surface area (TPSA) is 79.2 Å². The molecule has 150 valence electrons. The highest BCUT2D eigenvalue weighted by Crippen LogP contribution is 2.34. The molecule has 7 nitrogen and oxygen atoms in total. The number of halogens is 1. The van der Waals surface area contributed by atoms with Gasteiger partial charge in [-0.25, -0.2) is 17.7 Å². The van der Waals surface area contributed by atoms with Crippen molar-refractivity contribution in [1.82, 2.24) is 9.21 Å². The summed E-state index contributed by atoms with van der Waals surface area (Å²) in [5, 5.41) is 0. The summed E-state index contributed by atoms with van der Waals surface area (Å²) >= 11 is 0.